The van der Waals surface area contributed by atoms with E-state index in [-0.39, 0.29) is 17.5 Å². The summed E-state index contributed by atoms with van der Waals surface area (Å²) in [5.74, 6) is 0. The first kappa shape index (κ1) is 43.8. The Morgan fingerprint density at radius 2 is 1.05 bits per heavy atom. The minimum Gasteiger partial charge on any atom is -0.456 e. The number of rotatable bonds is 5. The van der Waals surface area contributed by atoms with Crippen LogP contribution in [0.4, 0.5) is 51.2 Å². The molecule has 0 fully saturated rings. The summed E-state index contributed by atoms with van der Waals surface area (Å²) < 4.78 is 8.91. The van der Waals surface area contributed by atoms with Gasteiger partial charge >= 0.3 is 0 Å². The Balaban J connectivity index is 0.981. The maximum absolute atomic E-state index is 6.39. The van der Waals surface area contributed by atoms with Gasteiger partial charge in [0.1, 0.15) is 11.2 Å². The lowest BCUT2D eigenvalue weighted by Crippen LogP contribution is -2.61. The quantitative estimate of drug-likeness (QED) is 0.161. The second kappa shape index (κ2) is 15.6. The number of aryl methyl sites for hydroxylation is 1. The van der Waals surface area contributed by atoms with Crippen molar-refractivity contribution in [3.63, 3.8) is 0 Å². The Morgan fingerprint density at radius 1 is 0.453 bits per heavy atom. The summed E-state index contributed by atoms with van der Waals surface area (Å²) in [6.45, 7) is 15.9. The normalized spacial score (nSPS) is 13.5. The summed E-state index contributed by atoms with van der Waals surface area (Å²) in [4.78, 5) is 7.59. The van der Waals surface area contributed by atoms with Gasteiger partial charge in [-0.2, -0.15) is 0 Å². The van der Waals surface area contributed by atoms with Crippen LogP contribution >= 0.6 is 0 Å². The number of fused-ring (bicyclic) bond motifs is 12. The van der Waals surface area contributed by atoms with Gasteiger partial charge in [0.2, 0.25) is 0 Å². The topological polar surface area (TPSA) is 27.8 Å². The standard InChI is InChI=1S/C69H55BN4O/c1-42-39-60-65-61(40-42)74-57-21-12-18-52-51-15-8-10-20-56(51)73(66(52)57)58-22-14-19-55(67(58)74)70(65)54-38-37-49(71(46-33-27-44(28-34-46)68(2,3)4)47-35-29-45(30-36-47)69(5,6)7)41-59(54)72(60)48-31-25-43(26-32-48)50-17-13-24-63-64(50)53-16-9-11-23-62(53)75-63/h8-41H,1-7H3. The van der Waals surface area contributed by atoms with Gasteiger partial charge < -0.3 is 23.7 Å². The molecule has 0 atom stereocenters. The molecule has 10 aromatic carbocycles. The molecule has 0 bridgehead atoms. The van der Waals surface area contributed by atoms with Gasteiger partial charge in [-0.05, 0) is 153 Å². The number of nitrogens with zero attached hydrogens (tertiary/aromatic N) is 4. The Kier molecular flexibility index (Phi) is 9.14. The molecule has 0 spiro atoms. The third kappa shape index (κ3) is 6.39. The number of benzene rings is 10. The van der Waals surface area contributed by atoms with Crippen LogP contribution in [0, 0.1) is 6.92 Å². The zero-order valence-electron chi connectivity index (χ0n) is 43.4. The molecule has 0 saturated heterocycles. The molecule has 0 N–H and O–H groups in total. The first-order valence-corrected chi connectivity index (χ1v) is 26.5. The van der Waals surface area contributed by atoms with Crippen molar-refractivity contribution in [2.45, 2.75) is 59.3 Å². The highest BCUT2D eigenvalue weighted by Gasteiger charge is 2.46. The molecule has 6 heteroatoms. The summed E-state index contributed by atoms with van der Waals surface area (Å²) in [6.07, 6.45) is 0. The summed E-state index contributed by atoms with van der Waals surface area (Å²) in [5.41, 5.74) is 26.1. The summed E-state index contributed by atoms with van der Waals surface area (Å²) >= 11 is 0. The van der Waals surface area contributed by atoms with Gasteiger partial charge in [-0.1, -0.05) is 157 Å². The van der Waals surface area contributed by atoms with Crippen LogP contribution in [0.3, 0.4) is 0 Å². The fourth-order valence-electron chi connectivity index (χ4n) is 12.9. The van der Waals surface area contributed by atoms with Gasteiger partial charge in [0.15, 0.2) is 0 Å². The van der Waals surface area contributed by atoms with Crippen LogP contribution in [0.15, 0.2) is 211 Å². The predicted molar refractivity (Wildman–Crippen MR) is 318 cm³/mol. The summed E-state index contributed by atoms with van der Waals surface area (Å²) in [5, 5.41) is 4.81. The lowest BCUT2D eigenvalue weighted by Gasteiger charge is -2.46. The molecule has 0 radical (unpaired) electrons. The van der Waals surface area contributed by atoms with Gasteiger partial charge in [-0.15, -0.1) is 0 Å². The van der Waals surface area contributed by atoms with Gasteiger partial charge in [0.25, 0.3) is 6.71 Å². The first-order chi connectivity index (χ1) is 36.4. The number of aromatic nitrogens is 1. The van der Waals surface area contributed by atoms with Crippen LogP contribution in [0.2, 0.25) is 0 Å². The zero-order chi connectivity index (χ0) is 50.6. The van der Waals surface area contributed by atoms with Crippen LogP contribution in [-0.4, -0.2) is 11.3 Å². The van der Waals surface area contributed by atoms with Crippen molar-refractivity contribution in [1.29, 1.82) is 0 Å². The van der Waals surface area contributed by atoms with Crippen LogP contribution in [0.5, 0.6) is 0 Å². The SMILES string of the molecule is Cc1cc2c3c(c1)N1c4c(cccc4-n4c5ccccc5c5cccc1c54)B3c1ccc(N(c3ccc(C(C)(C)C)cc3)c3ccc(C(C)(C)C)cc3)cc1N2c1ccc(-c2cccc3oc4ccccc4c23)cc1. The van der Waals surface area contributed by atoms with Crippen molar-refractivity contribution in [2.75, 3.05) is 14.7 Å². The maximum Gasteiger partial charge on any atom is 0.252 e. The average Bonchev–Trinajstić information content (AvgIpc) is 4.13. The van der Waals surface area contributed by atoms with E-state index in [0.717, 1.165) is 61.5 Å². The largest absolute Gasteiger partial charge is 0.456 e. The van der Waals surface area contributed by atoms with Crippen molar-refractivity contribution < 1.29 is 4.42 Å². The van der Waals surface area contributed by atoms with E-state index in [1.54, 1.807) is 0 Å². The summed E-state index contributed by atoms with van der Waals surface area (Å²) in [6, 6.07) is 77.3. The highest BCUT2D eigenvalue weighted by atomic mass is 16.3. The van der Waals surface area contributed by atoms with E-state index in [4.69, 9.17) is 4.42 Å². The molecule has 0 unspecified atom stereocenters. The Labute approximate surface area is 438 Å². The minimum absolute atomic E-state index is 0.0253. The van der Waals surface area contributed by atoms with Gasteiger partial charge in [-0.25, -0.2) is 0 Å². The molecule has 12 aromatic rings. The second-order valence-electron chi connectivity index (χ2n) is 23.1. The molecule has 2 aromatic heterocycles. The minimum atomic E-state index is -0.0403. The van der Waals surface area contributed by atoms with Crippen LogP contribution in [0.25, 0.3) is 60.6 Å². The van der Waals surface area contributed by atoms with Gasteiger partial charge in [-0.3, -0.25) is 0 Å². The lowest BCUT2D eigenvalue weighted by molar-refractivity contribution is 0.590. The Morgan fingerprint density at radius 3 is 1.77 bits per heavy atom. The predicted octanol–water partition coefficient (Wildman–Crippen LogP) is 17.1. The van der Waals surface area contributed by atoms with Gasteiger partial charge in [0, 0.05) is 61.4 Å². The van der Waals surface area contributed by atoms with Crippen molar-refractivity contribution in [2.24, 2.45) is 0 Å². The van der Waals surface area contributed by atoms with Crippen LogP contribution in [0.1, 0.15) is 58.2 Å². The van der Waals surface area contributed by atoms with Crippen molar-refractivity contribution in [3.05, 3.63) is 223 Å². The Hall–Kier alpha value is -8.74. The smallest absolute Gasteiger partial charge is 0.252 e. The van der Waals surface area contributed by atoms with Gasteiger partial charge in [0.05, 0.1) is 28.1 Å². The van der Waals surface area contributed by atoms with E-state index in [1.807, 2.05) is 6.07 Å². The number of para-hydroxylation sites is 4. The van der Waals surface area contributed by atoms with E-state index in [0.29, 0.717) is 0 Å². The fraction of sp³-hybridized carbons (Fsp3) is 0.130. The molecule has 5 heterocycles. The zero-order valence-corrected chi connectivity index (χ0v) is 43.4. The van der Waals surface area contributed by atoms with Crippen molar-refractivity contribution >= 4 is 118 Å². The van der Waals surface area contributed by atoms with E-state index < -0.39 is 0 Å². The summed E-state index contributed by atoms with van der Waals surface area (Å²) in [7, 11) is 0. The first-order valence-electron chi connectivity index (χ1n) is 26.5. The average molecular weight is 967 g/mol. The fourth-order valence-corrected chi connectivity index (χ4v) is 12.9. The highest BCUT2D eigenvalue weighted by Crippen LogP contribution is 2.53. The molecule has 0 amide bonds. The van der Waals surface area contributed by atoms with Crippen molar-refractivity contribution in [3.8, 4) is 16.8 Å². The van der Waals surface area contributed by atoms with E-state index in [2.05, 4.69) is 268 Å². The number of anilines is 9. The molecule has 3 aliphatic rings. The molecule has 5 nitrogen and oxygen atoms in total. The number of furan rings is 1. The molecule has 360 valence electrons. The molecule has 75 heavy (non-hydrogen) atoms. The number of hydrogen-bond donors (Lipinski definition) is 0. The molecule has 0 aliphatic carbocycles. The van der Waals surface area contributed by atoms with E-state index >= 15 is 0 Å². The molecule has 0 saturated carbocycles. The molecular weight excluding hydrogens is 912 g/mol. The van der Waals surface area contributed by atoms with Crippen molar-refractivity contribution in [1.82, 2.24) is 4.57 Å². The van der Waals surface area contributed by atoms with Crippen LogP contribution < -0.4 is 31.1 Å². The third-order valence-corrected chi connectivity index (χ3v) is 16.4. The molecule has 3 aliphatic heterocycles. The highest BCUT2D eigenvalue weighted by molar-refractivity contribution is 7.00. The molecule has 15 rings (SSSR count). The third-order valence-electron chi connectivity index (χ3n) is 16.4. The number of hydrogen-bond acceptors (Lipinski definition) is 4. The second-order valence-corrected chi connectivity index (χ2v) is 23.1. The monoisotopic (exact) mass is 966 g/mol. The Bertz CT molecular complexity index is 4280. The maximum atomic E-state index is 6.39. The van der Waals surface area contributed by atoms with Crippen LogP contribution in [-0.2, 0) is 10.8 Å². The van der Waals surface area contributed by atoms with E-state index in [1.165, 1.54) is 83.3 Å². The lowest BCUT2D eigenvalue weighted by atomic mass is 9.33. The molecular formula is C69H55BN4O. The van der Waals surface area contributed by atoms with E-state index in [9.17, 15) is 0 Å².